The van der Waals surface area contributed by atoms with E-state index in [4.69, 9.17) is 0 Å². The van der Waals surface area contributed by atoms with Crippen LogP contribution in [0.2, 0.25) is 0 Å². The molecule has 4 heteroatoms. The SMILES string of the molecule is CC(C)CCOC(=O)N=S. The average Bonchev–Trinajstić information content (AvgIpc) is 1.87. The van der Waals surface area contributed by atoms with Crippen molar-refractivity contribution in [2.24, 2.45) is 10.3 Å². The smallest absolute Gasteiger partial charge is 0.445 e. The van der Waals surface area contributed by atoms with E-state index >= 15 is 0 Å². The molecule has 0 unspecified atom stereocenters. The third-order valence-corrected chi connectivity index (χ3v) is 1.14. The molecule has 0 aliphatic rings. The van der Waals surface area contributed by atoms with Gasteiger partial charge in [0.15, 0.2) is 0 Å². The van der Waals surface area contributed by atoms with Crippen LogP contribution in [0, 0.1) is 5.92 Å². The Bertz CT molecular complexity index is 125. The second kappa shape index (κ2) is 5.29. The lowest BCUT2D eigenvalue weighted by Crippen LogP contribution is -2.02. The highest BCUT2D eigenvalue weighted by Crippen LogP contribution is 1.99. The number of rotatable bonds is 3. The fraction of sp³-hybridized carbons (Fsp3) is 0.833. The van der Waals surface area contributed by atoms with Gasteiger partial charge in [-0.25, -0.2) is 4.79 Å². The maximum atomic E-state index is 10.3. The van der Waals surface area contributed by atoms with Gasteiger partial charge in [0.05, 0.1) is 6.61 Å². The molecule has 0 radical (unpaired) electrons. The van der Waals surface area contributed by atoms with Crippen molar-refractivity contribution in [1.82, 2.24) is 0 Å². The van der Waals surface area contributed by atoms with Crippen LogP contribution in [0.15, 0.2) is 4.36 Å². The summed E-state index contributed by atoms with van der Waals surface area (Å²) in [6.07, 6.45) is 0.201. The molecule has 0 aromatic carbocycles. The highest BCUT2D eigenvalue weighted by atomic mass is 32.1. The Morgan fingerprint density at radius 1 is 1.70 bits per heavy atom. The second-order valence-electron chi connectivity index (χ2n) is 2.39. The highest BCUT2D eigenvalue weighted by molar-refractivity contribution is 7.47. The van der Waals surface area contributed by atoms with Crippen LogP contribution in [-0.4, -0.2) is 12.7 Å². The van der Waals surface area contributed by atoms with Gasteiger partial charge in [-0.1, -0.05) is 13.8 Å². The van der Waals surface area contributed by atoms with E-state index in [0.29, 0.717) is 12.5 Å². The molecule has 0 rings (SSSR count). The molecule has 1 amide bonds. The van der Waals surface area contributed by atoms with E-state index in [-0.39, 0.29) is 0 Å². The number of hydrogen-bond donors (Lipinski definition) is 0. The van der Waals surface area contributed by atoms with Crippen LogP contribution in [-0.2, 0) is 17.2 Å². The van der Waals surface area contributed by atoms with Crippen molar-refractivity contribution in [1.29, 1.82) is 0 Å². The molecule has 58 valence electrons. The molecule has 0 fully saturated rings. The van der Waals surface area contributed by atoms with Gasteiger partial charge in [-0.05, 0) is 12.3 Å². The van der Waals surface area contributed by atoms with Gasteiger partial charge in [-0.2, -0.15) is 0 Å². The molecule has 0 spiro atoms. The molecule has 0 N–H and O–H groups in total. The minimum absolute atomic E-state index is 0.413. The van der Waals surface area contributed by atoms with Crippen molar-refractivity contribution < 1.29 is 9.53 Å². The van der Waals surface area contributed by atoms with E-state index in [1.54, 1.807) is 0 Å². The first-order chi connectivity index (χ1) is 4.66. The quantitative estimate of drug-likeness (QED) is 0.634. The number of hydrogen-bond acceptors (Lipinski definition) is 3. The molecule has 0 atom stereocenters. The molecule has 0 saturated heterocycles. The molecule has 0 heterocycles. The fourth-order valence-corrected chi connectivity index (χ4v) is 0.461. The summed E-state index contributed by atoms with van der Waals surface area (Å²) in [5, 5.41) is 0. The molecular formula is C6H11NO2S. The fourth-order valence-electron chi connectivity index (χ4n) is 0.408. The van der Waals surface area contributed by atoms with Gasteiger partial charge >= 0.3 is 6.09 Å². The van der Waals surface area contributed by atoms with Gasteiger partial charge in [0.25, 0.3) is 0 Å². The number of amides is 1. The van der Waals surface area contributed by atoms with Crippen LogP contribution in [0.5, 0.6) is 0 Å². The highest BCUT2D eigenvalue weighted by Gasteiger charge is 1.98. The molecule has 0 aliphatic heterocycles. The normalized spacial score (nSPS) is 9.50. The monoisotopic (exact) mass is 161 g/mol. The molecule has 0 bridgehead atoms. The Morgan fingerprint density at radius 2 is 2.30 bits per heavy atom. The van der Waals surface area contributed by atoms with Gasteiger partial charge in [0.2, 0.25) is 0 Å². The summed E-state index contributed by atoms with van der Waals surface area (Å²) in [4.78, 5) is 10.3. The van der Waals surface area contributed by atoms with Gasteiger partial charge in [0, 0.05) is 12.4 Å². The van der Waals surface area contributed by atoms with Crippen molar-refractivity contribution in [3.63, 3.8) is 0 Å². The van der Waals surface area contributed by atoms with Gasteiger partial charge in [0.1, 0.15) is 0 Å². The lowest BCUT2D eigenvalue weighted by molar-refractivity contribution is 0.152. The van der Waals surface area contributed by atoms with E-state index in [1.807, 2.05) is 0 Å². The van der Waals surface area contributed by atoms with Crippen molar-refractivity contribution >= 4 is 18.5 Å². The summed E-state index contributed by atoms with van der Waals surface area (Å²) < 4.78 is 7.50. The summed E-state index contributed by atoms with van der Waals surface area (Å²) in [5.74, 6) is 0.540. The predicted molar refractivity (Wildman–Crippen MR) is 40.6 cm³/mol. The maximum absolute atomic E-state index is 10.3. The second-order valence-corrected chi connectivity index (χ2v) is 2.57. The van der Waals surface area contributed by atoms with E-state index in [0.717, 1.165) is 6.42 Å². The third-order valence-electron chi connectivity index (χ3n) is 0.995. The van der Waals surface area contributed by atoms with Crippen molar-refractivity contribution in [3.05, 3.63) is 0 Å². The molecule has 0 aliphatic carbocycles. The number of ether oxygens (including phenoxy) is 1. The molecule has 0 aromatic heterocycles. The zero-order valence-electron chi connectivity index (χ0n) is 6.16. The Labute approximate surface area is 65.9 Å². The van der Waals surface area contributed by atoms with Crippen LogP contribution < -0.4 is 0 Å². The Hall–Kier alpha value is -0.510. The van der Waals surface area contributed by atoms with Crippen molar-refractivity contribution in [3.8, 4) is 0 Å². The zero-order valence-corrected chi connectivity index (χ0v) is 6.98. The van der Waals surface area contributed by atoms with Crippen molar-refractivity contribution in [2.45, 2.75) is 20.3 Å². The van der Waals surface area contributed by atoms with Crippen LogP contribution in [0.25, 0.3) is 0 Å². The summed E-state index contributed by atoms with van der Waals surface area (Å²) in [5.41, 5.74) is 0. The van der Waals surface area contributed by atoms with Gasteiger partial charge in [-0.15, -0.1) is 4.36 Å². The predicted octanol–water partition coefficient (Wildman–Crippen LogP) is 1.90. The standard InChI is InChI=1S/C6H11NO2S/c1-5(2)3-4-9-6(8)7-10/h5H,3-4H2,1-2H3. The summed E-state index contributed by atoms with van der Waals surface area (Å²) in [6.45, 7) is 4.52. The minimum Gasteiger partial charge on any atom is -0.447 e. The summed E-state index contributed by atoms with van der Waals surface area (Å²) >= 11 is 4.10. The average molecular weight is 161 g/mol. The molecule has 3 nitrogen and oxygen atoms in total. The molecule has 0 aromatic rings. The maximum Gasteiger partial charge on any atom is 0.445 e. The topological polar surface area (TPSA) is 38.7 Å². The minimum atomic E-state index is -0.657. The largest absolute Gasteiger partial charge is 0.447 e. The Morgan fingerprint density at radius 3 is 2.70 bits per heavy atom. The first-order valence-electron chi connectivity index (χ1n) is 3.17. The Kier molecular flexibility index (Phi) is 5.02. The van der Waals surface area contributed by atoms with Gasteiger partial charge < -0.3 is 4.74 Å². The summed E-state index contributed by atoms with van der Waals surface area (Å²) in [6, 6.07) is 0. The van der Waals surface area contributed by atoms with E-state index < -0.39 is 6.09 Å². The molecule has 0 saturated carbocycles. The third kappa shape index (κ3) is 5.62. The van der Waals surface area contributed by atoms with Crippen LogP contribution in [0.3, 0.4) is 0 Å². The number of nitrogens with zero attached hydrogens (tertiary/aromatic N) is 1. The summed E-state index contributed by atoms with van der Waals surface area (Å²) in [7, 11) is 0. The molecule has 10 heavy (non-hydrogen) atoms. The molecular weight excluding hydrogens is 150 g/mol. The van der Waals surface area contributed by atoms with E-state index in [9.17, 15) is 4.79 Å². The van der Waals surface area contributed by atoms with Crippen LogP contribution in [0.1, 0.15) is 20.3 Å². The van der Waals surface area contributed by atoms with Crippen molar-refractivity contribution in [2.75, 3.05) is 6.61 Å². The van der Waals surface area contributed by atoms with E-state index in [2.05, 4.69) is 35.4 Å². The number of carbonyl (C=O) groups is 1. The van der Waals surface area contributed by atoms with Crippen LogP contribution >= 0.6 is 0 Å². The number of carbonyl (C=O) groups excluding carboxylic acids is 1. The van der Waals surface area contributed by atoms with Gasteiger partial charge in [-0.3, -0.25) is 0 Å². The Balaban J connectivity index is 3.19. The van der Waals surface area contributed by atoms with E-state index in [1.165, 1.54) is 0 Å². The first-order valence-corrected chi connectivity index (χ1v) is 3.53. The zero-order chi connectivity index (χ0) is 7.98. The lowest BCUT2D eigenvalue weighted by Gasteiger charge is -2.02. The van der Waals surface area contributed by atoms with Crippen LogP contribution in [0.4, 0.5) is 4.79 Å². The lowest BCUT2D eigenvalue weighted by atomic mass is 10.1. The first kappa shape index (κ1) is 9.49.